The SMILES string of the molecule is CCC(C)(C)C1CC(C(C)(C)CC)OC(c2cc(I)cc(C)c2C)O1. The van der Waals surface area contributed by atoms with Gasteiger partial charge in [0.2, 0.25) is 0 Å². The Bertz CT molecular complexity index is 582. The summed E-state index contributed by atoms with van der Waals surface area (Å²) >= 11 is 2.39. The molecular formula is C22H35IO2. The first-order valence-electron chi connectivity index (χ1n) is 9.59. The zero-order chi connectivity index (χ0) is 19.0. The van der Waals surface area contributed by atoms with E-state index in [1.54, 1.807) is 0 Å². The summed E-state index contributed by atoms with van der Waals surface area (Å²) in [6, 6.07) is 4.45. The molecule has 1 aliphatic heterocycles. The maximum absolute atomic E-state index is 6.56. The highest BCUT2D eigenvalue weighted by atomic mass is 127. The van der Waals surface area contributed by atoms with Gasteiger partial charge >= 0.3 is 0 Å². The van der Waals surface area contributed by atoms with Crippen molar-refractivity contribution in [3.63, 3.8) is 0 Å². The van der Waals surface area contributed by atoms with Gasteiger partial charge in [0.1, 0.15) is 0 Å². The van der Waals surface area contributed by atoms with Gasteiger partial charge in [0, 0.05) is 15.6 Å². The lowest BCUT2D eigenvalue weighted by Gasteiger charge is -2.47. The van der Waals surface area contributed by atoms with Gasteiger partial charge in [0.15, 0.2) is 6.29 Å². The standard InChI is InChI=1S/C22H35IO2/c1-9-21(5,6)18-13-19(22(7,8)10-2)25-20(24-18)17-12-16(23)11-14(3)15(17)4/h11-12,18-20H,9-10,13H2,1-8H3. The van der Waals surface area contributed by atoms with Crippen molar-refractivity contribution in [2.24, 2.45) is 10.8 Å². The van der Waals surface area contributed by atoms with Gasteiger partial charge in [-0.25, -0.2) is 0 Å². The number of benzene rings is 1. The van der Waals surface area contributed by atoms with Crippen LogP contribution in [0.3, 0.4) is 0 Å². The molecule has 2 nitrogen and oxygen atoms in total. The lowest BCUT2D eigenvalue weighted by atomic mass is 9.74. The molecule has 1 heterocycles. The first kappa shape index (κ1) is 21.2. The molecule has 1 aliphatic rings. The minimum absolute atomic E-state index is 0.148. The predicted octanol–water partition coefficient (Wildman–Crippen LogP) is 6.95. The molecule has 25 heavy (non-hydrogen) atoms. The van der Waals surface area contributed by atoms with E-state index in [0.717, 1.165) is 19.3 Å². The maximum Gasteiger partial charge on any atom is 0.184 e. The van der Waals surface area contributed by atoms with E-state index in [1.807, 2.05) is 0 Å². The van der Waals surface area contributed by atoms with Crippen LogP contribution in [-0.4, -0.2) is 12.2 Å². The molecule has 2 atom stereocenters. The molecule has 142 valence electrons. The molecule has 0 bridgehead atoms. The maximum atomic E-state index is 6.56. The van der Waals surface area contributed by atoms with Crippen molar-refractivity contribution >= 4 is 22.6 Å². The zero-order valence-electron chi connectivity index (χ0n) is 17.2. The molecule has 0 amide bonds. The first-order valence-corrected chi connectivity index (χ1v) is 10.7. The second-order valence-corrected chi connectivity index (χ2v) is 10.2. The van der Waals surface area contributed by atoms with Crippen molar-refractivity contribution in [3.8, 4) is 0 Å². The average molecular weight is 458 g/mol. The van der Waals surface area contributed by atoms with Crippen LogP contribution in [0.4, 0.5) is 0 Å². The van der Waals surface area contributed by atoms with Crippen molar-refractivity contribution in [1.29, 1.82) is 0 Å². The third kappa shape index (κ3) is 4.59. The third-order valence-electron chi connectivity index (χ3n) is 6.50. The summed E-state index contributed by atoms with van der Waals surface area (Å²) in [6.07, 6.45) is 3.34. The van der Waals surface area contributed by atoms with E-state index in [4.69, 9.17) is 9.47 Å². The monoisotopic (exact) mass is 458 g/mol. The number of aryl methyl sites for hydroxylation is 1. The second-order valence-electron chi connectivity index (χ2n) is 8.94. The van der Waals surface area contributed by atoms with E-state index < -0.39 is 0 Å². The lowest BCUT2D eigenvalue weighted by molar-refractivity contribution is -0.287. The van der Waals surface area contributed by atoms with Crippen LogP contribution < -0.4 is 0 Å². The summed E-state index contributed by atoms with van der Waals surface area (Å²) in [5.74, 6) is 0. The normalized spacial score (nSPS) is 25.2. The Morgan fingerprint density at radius 1 is 0.960 bits per heavy atom. The molecule has 0 spiro atoms. The zero-order valence-corrected chi connectivity index (χ0v) is 19.4. The fraction of sp³-hybridized carbons (Fsp3) is 0.727. The highest BCUT2D eigenvalue weighted by molar-refractivity contribution is 14.1. The van der Waals surface area contributed by atoms with Crippen LogP contribution in [0.1, 0.15) is 83.8 Å². The topological polar surface area (TPSA) is 18.5 Å². The van der Waals surface area contributed by atoms with E-state index in [-0.39, 0.29) is 29.3 Å². The van der Waals surface area contributed by atoms with E-state index in [0.29, 0.717) is 0 Å². The van der Waals surface area contributed by atoms with Crippen LogP contribution in [0.15, 0.2) is 12.1 Å². The fourth-order valence-electron chi connectivity index (χ4n) is 3.33. The Morgan fingerprint density at radius 3 is 1.88 bits per heavy atom. The molecule has 1 fully saturated rings. The van der Waals surface area contributed by atoms with Crippen molar-refractivity contribution < 1.29 is 9.47 Å². The summed E-state index contributed by atoms with van der Waals surface area (Å²) in [6.45, 7) is 18.2. The van der Waals surface area contributed by atoms with Gasteiger partial charge in [-0.1, -0.05) is 41.5 Å². The number of halogens is 1. The molecule has 1 aromatic rings. The van der Waals surface area contributed by atoms with Gasteiger partial charge in [-0.15, -0.1) is 0 Å². The predicted molar refractivity (Wildman–Crippen MR) is 114 cm³/mol. The second kappa shape index (κ2) is 7.85. The molecule has 0 N–H and O–H groups in total. The smallest absolute Gasteiger partial charge is 0.184 e. The molecule has 2 rings (SSSR count). The number of rotatable bonds is 5. The van der Waals surface area contributed by atoms with Gasteiger partial charge in [-0.3, -0.25) is 0 Å². The molecule has 0 aliphatic carbocycles. The van der Waals surface area contributed by atoms with Crippen LogP contribution >= 0.6 is 22.6 Å². The van der Waals surface area contributed by atoms with Crippen LogP contribution in [0.25, 0.3) is 0 Å². The lowest BCUT2D eigenvalue weighted by Crippen LogP contribution is -2.47. The Balaban J connectivity index is 2.43. The Hall–Kier alpha value is -0.130. The van der Waals surface area contributed by atoms with Crippen molar-refractivity contribution in [1.82, 2.24) is 0 Å². The Morgan fingerprint density at radius 2 is 1.44 bits per heavy atom. The summed E-state index contributed by atoms with van der Waals surface area (Å²) in [4.78, 5) is 0. The Kier molecular flexibility index (Phi) is 6.65. The van der Waals surface area contributed by atoms with Crippen molar-refractivity contribution in [3.05, 3.63) is 32.4 Å². The van der Waals surface area contributed by atoms with Gasteiger partial charge < -0.3 is 9.47 Å². The molecular weight excluding hydrogens is 423 g/mol. The van der Waals surface area contributed by atoms with E-state index in [2.05, 4.69) is 90.1 Å². The minimum atomic E-state index is -0.270. The van der Waals surface area contributed by atoms with Gasteiger partial charge in [-0.05, 0) is 83.4 Å². The molecule has 1 saturated heterocycles. The summed E-state index contributed by atoms with van der Waals surface area (Å²) in [5.41, 5.74) is 4.08. The number of ether oxygens (including phenoxy) is 2. The van der Waals surface area contributed by atoms with Gasteiger partial charge in [-0.2, -0.15) is 0 Å². The van der Waals surface area contributed by atoms with Crippen LogP contribution in [0, 0.1) is 28.2 Å². The largest absolute Gasteiger partial charge is 0.344 e. The highest BCUT2D eigenvalue weighted by Crippen LogP contribution is 2.45. The third-order valence-corrected chi connectivity index (χ3v) is 7.12. The van der Waals surface area contributed by atoms with Gasteiger partial charge in [0.25, 0.3) is 0 Å². The molecule has 0 saturated carbocycles. The summed E-state index contributed by atoms with van der Waals surface area (Å²) in [5, 5.41) is 0. The van der Waals surface area contributed by atoms with Crippen molar-refractivity contribution in [2.75, 3.05) is 0 Å². The van der Waals surface area contributed by atoms with E-state index >= 15 is 0 Å². The Labute approximate surface area is 168 Å². The molecule has 0 radical (unpaired) electrons. The molecule has 0 aromatic heterocycles. The van der Waals surface area contributed by atoms with E-state index in [9.17, 15) is 0 Å². The van der Waals surface area contributed by atoms with Crippen LogP contribution in [-0.2, 0) is 9.47 Å². The molecule has 1 aromatic carbocycles. The molecule has 2 unspecified atom stereocenters. The van der Waals surface area contributed by atoms with Crippen LogP contribution in [0.5, 0.6) is 0 Å². The van der Waals surface area contributed by atoms with Crippen molar-refractivity contribution in [2.45, 2.75) is 93.2 Å². The average Bonchev–Trinajstić information content (AvgIpc) is 2.57. The fourth-order valence-corrected chi connectivity index (χ4v) is 4.13. The highest BCUT2D eigenvalue weighted by Gasteiger charge is 2.43. The van der Waals surface area contributed by atoms with Crippen LogP contribution in [0.2, 0.25) is 0 Å². The molecule has 3 heteroatoms. The van der Waals surface area contributed by atoms with Gasteiger partial charge in [0.05, 0.1) is 12.2 Å². The minimum Gasteiger partial charge on any atom is -0.344 e. The summed E-state index contributed by atoms with van der Waals surface area (Å²) in [7, 11) is 0. The van der Waals surface area contributed by atoms with E-state index in [1.165, 1.54) is 20.3 Å². The number of hydrogen-bond acceptors (Lipinski definition) is 2. The number of hydrogen-bond donors (Lipinski definition) is 0. The first-order chi connectivity index (χ1) is 11.5. The summed E-state index contributed by atoms with van der Waals surface area (Å²) < 4.78 is 14.4. The quantitative estimate of drug-likeness (QED) is 0.445.